The minimum atomic E-state index is -3.45. The molecular formula is C14H25N3O2S. The van der Waals surface area contributed by atoms with E-state index in [0.29, 0.717) is 23.7 Å². The zero-order valence-electron chi connectivity index (χ0n) is 12.9. The van der Waals surface area contributed by atoms with Gasteiger partial charge >= 0.3 is 0 Å². The van der Waals surface area contributed by atoms with Crippen molar-refractivity contribution in [3.63, 3.8) is 0 Å². The highest BCUT2D eigenvalue weighted by molar-refractivity contribution is 7.89. The normalized spacial score (nSPS) is 12.8. The van der Waals surface area contributed by atoms with Crippen molar-refractivity contribution in [1.29, 1.82) is 0 Å². The zero-order chi connectivity index (χ0) is 15.6. The third-order valence-corrected chi connectivity index (χ3v) is 5.12. The standard InChI is InChI=1S/C14H25N3O2S/c1-14(2,10-15)11-17(5)12-8-6-7-9-13(12)20(18,19)16(3)4/h6-9H,10-11,15H2,1-5H3. The highest BCUT2D eigenvalue weighted by Gasteiger charge is 2.25. The first-order valence-electron chi connectivity index (χ1n) is 6.54. The van der Waals surface area contributed by atoms with Crippen LogP contribution < -0.4 is 10.6 Å². The fourth-order valence-corrected chi connectivity index (χ4v) is 3.11. The van der Waals surface area contributed by atoms with Gasteiger partial charge in [-0.3, -0.25) is 0 Å². The van der Waals surface area contributed by atoms with Crippen molar-refractivity contribution in [3.05, 3.63) is 24.3 Å². The van der Waals surface area contributed by atoms with E-state index >= 15 is 0 Å². The second-order valence-electron chi connectivity index (χ2n) is 5.98. The van der Waals surface area contributed by atoms with Gasteiger partial charge in [0.25, 0.3) is 0 Å². The smallest absolute Gasteiger partial charge is 0.244 e. The molecule has 0 aliphatic carbocycles. The van der Waals surface area contributed by atoms with Gasteiger partial charge < -0.3 is 10.6 Å². The van der Waals surface area contributed by atoms with E-state index in [2.05, 4.69) is 13.8 Å². The molecule has 5 nitrogen and oxygen atoms in total. The third-order valence-electron chi connectivity index (χ3n) is 3.25. The molecule has 0 atom stereocenters. The van der Waals surface area contributed by atoms with E-state index in [1.807, 2.05) is 24.1 Å². The van der Waals surface area contributed by atoms with Crippen LogP contribution in [0.3, 0.4) is 0 Å². The molecule has 114 valence electrons. The highest BCUT2D eigenvalue weighted by Crippen LogP contribution is 2.28. The summed E-state index contributed by atoms with van der Waals surface area (Å²) in [4.78, 5) is 2.27. The van der Waals surface area contributed by atoms with Gasteiger partial charge in [0.15, 0.2) is 0 Å². The SMILES string of the molecule is CN(CC(C)(C)CN)c1ccccc1S(=O)(=O)N(C)C. The number of nitrogens with two attached hydrogens (primary N) is 1. The van der Waals surface area contributed by atoms with Crippen LogP contribution in [0.15, 0.2) is 29.2 Å². The highest BCUT2D eigenvalue weighted by atomic mass is 32.2. The Bertz CT molecular complexity index is 553. The Balaban J connectivity index is 3.21. The van der Waals surface area contributed by atoms with Crippen LogP contribution >= 0.6 is 0 Å². The van der Waals surface area contributed by atoms with Gasteiger partial charge in [0, 0.05) is 27.7 Å². The Morgan fingerprint density at radius 2 is 1.70 bits per heavy atom. The van der Waals surface area contributed by atoms with Gasteiger partial charge in [-0.15, -0.1) is 0 Å². The summed E-state index contributed by atoms with van der Waals surface area (Å²) in [5.41, 5.74) is 6.37. The maximum Gasteiger partial charge on any atom is 0.244 e. The number of anilines is 1. The Labute approximate surface area is 122 Å². The molecule has 1 aromatic rings. The van der Waals surface area contributed by atoms with Gasteiger partial charge in [0.05, 0.1) is 5.69 Å². The van der Waals surface area contributed by atoms with Crippen LogP contribution in [0, 0.1) is 5.41 Å². The predicted octanol–water partition coefficient (Wildman–Crippen LogP) is 1.36. The number of rotatable bonds is 6. The van der Waals surface area contributed by atoms with Crippen LogP contribution in [0.25, 0.3) is 0 Å². The number of para-hydroxylation sites is 1. The second kappa shape index (κ2) is 6.11. The topological polar surface area (TPSA) is 66.6 Å². The molecule has 0 aliphatic rings. The molecule has 20 heavy (non-hydrogen) atoms. The number of sulfonamides is 1. The predicted molar refractivity (Wildman–Crippen MR) is 83.4 cm³/mol. The van der Waals surface area contributed by atoms with E-state index in [-0.39, 0.29) is 5.41 Å². The Morgan fingerprint density at radius 1 is 1.15 bits per heavy atom. The van der Waals surface area contributed by atoms with Crippen molar-refractivity contribution < 1.29 is 8.42 Å². The average Bonchev–Trinajstić information content (AvgIpc) is 2.38. The molecule has 0 bridgehead atoms. The van der Waals surface area contributed by atoms with Crippen LogP contribution in [-0.4, -0.2) is 47.0 Å². The first kappa shape index (κ1) is 16.9. The van der Waals surface area contributed by atoms with Gasteiger partial charge in [-0.1, -0.05) is 26.0 Å². The lowest BCUT2D eigenvalue weighted by atomic mass is 9.93. The lowest BCUT2D eigenvalue weighted by Gasteiger charge is -2.31. The van der Waals surface area contributed by atoms with Crippen molar-refractivity contribution in [3.8, 4) is 0 Å². The monoisotopic (exact) mass is 299 g/mol. The number of hydrogen-bond acceptors (Lipinski definition) is 4. The summed E-state index contributed by atoms with van der Waals surface area (Å²) in [7, 11) is 1.51. The van der Waals surface area contributed by atoms with E-state index in [4.69, 9.17) is 5.73 Å². The van der Waals surface area contributed by atoms with Crippen molar-refractivity contribution in [2.24, 2.45) is 11.1 Å². The van der Waals surface area contributed by atoms with E-state index in [0.717, 1.165) is 0 Å². The van der Waals surface area contributed by atoms with Gasteiger partial charge in [0.1, 0.15) is 4.90 Å². The molecule has 0 radical (unpaired) electrons. The van der Waals surface area contributed by atoms with E-state index in [1.165, 1.54) is 18.4 Å². The summed E-state index contributed by atoms with van der Waals surface area (Å²) in [5.74, 6) is 0. The number of hydrogen-bond donors (Lipinski definition) is 1. The first-order chi connectivity index (χ1) is 9.12. The van der Waals surface area contributed by atoms with Crippen LogP contribution in [0.1, 0.15) is 13.8 Å². The van der Waals surface area contributed by atoms with Gasteiger partial charge in [-0.2, -0.15) is 0 Å². The minimum Gasteiger partial charge on any atom is -0.373 e. The summed E-state index contributed by atoms with van der Waals surface area (Å²) in [6, 6.07) is 7.04. The third kappa shape index (κ3) is 3.71. The molecule has 0 heterocycles. The largest absolute Gasteiger partial charge is 0.373 e. The van der Waals surface area contributed by atoms with Gasteiger partial charge in [0.2, 0.25) is 10.0 Å². The molecule has 0 aliphatic heterocycles. The molecule has 0 unspecified atom stereocenters. The fraction of sp³-hybridized carbons (Fsp3) is 0.571. The lowest BCUT2D eigenvalue weighted by Crippen LogP contribution is -2.37. The van der Waals surface area contributed by atoms with Crippen molar-refractivity contribution in [1.82, 2.24) is 4.31 Å². The van der Waals surface area contributed by atoms with E-state index in [1.54, 1.807) is 12.1 Å². The number of benzene rings is 1. The van der Waals surface area contributed by atoms with Gasteiger partial charge in [-0.05, 0) is 24.1 Å². The Morgan fingerprint density at radius 3 is 2.20 bits per heavy atom. The summed E-state index contributed by atoms with van der Waals surface area (Å²) < 4.78 is 26.0. The maximum atomic E-state index is 12.4. The Hall–Kier alpha value is -1.11. The molecular weight excluding hydrogens is 274 g/mol. The Kier molecular flexibility index (Phi) is 5.18. The van der Waals surface area contributed by atoms with Crippen LogP contribution in [-0.2, 0) is 10.0 Å². The molecule has 2 N–H and O–H groups in total. The summed E-state index contributed by atoms with van der Waals surface area (Å²) in [5, 5.41) is 0. The molecule has 1 aromatic carbocycles. The lowest BCUT2D eigenvalue weighted by molar-refractivity contribution is 0.384. The molecule has 0 spiro atoms. The number of nitrogens with zero attached hydrogens (tertiary/aromatic N) is 2. The first-order valence-corrected chi connectivity index (χ1v) is 7.98. The van der Waals surface area contributed by atoms with Crippen LogP contribution in [0.2, 0.25) is 0 Å². The van der Waals surface area contributed by atoms with Crippen LogP contribution in [0.4, 0.5) is 5.69 Å². The molecule has 0 saturated heterocycles. The van der Waals surface area contributed by atoms with E-state index in [9.17, 15) is 8.42 Å². The molecule has 6 heteroatoms. The minimum absolute atomic E-state index is 0.0796. The summed E-state index contributed by atoms with van der Waals surface area (Å²) in [6.45, 7) is 5.35. The van der Waals surface area contributed by atoms with Crippen molar-refractivity contribution >= 4 is 15.7 Å². The zero-order valence-corrected chi connectivity index (χ0v) is 13.7. The molecule has 1 rings (SSSR count). The van der Waals surface area contributed by atoms with Crippen LogP contribution in [0.5, 0.6) is 0 Å². The summed E-state index contributed by atoms with van der Waals surface area (Å²) in [6.07, 6.45) is 0. The summed E-state index contributed by atoms with van der Waals surface area (Å²) >= 11 is 0. The molecule has 0 saturated carbocycles. The molecule has 0 fully saturated rings. The van der Waals surface area contributed by atoms with Crippen molar-refractivity contribution in [2.75, 3.05) is 39.1 Å². The molecule has 0 amide bonds. The quantitative estimate of drug-likeness (QED) is 0.861. The fourth-order valence-electron chi connectivity index (χ4n) is 1.98. The molecule has 0 aromatic heterocycles. The maximum absolute atomic E-state index is 12.4. The van der Waals surface area contributed by atoms with E-state index < -0.39 is 10.0 Å². The second-order valence-corrected chi connectivity index (χ2v) is 8.10. The average molecular weight is 299 g/mol. The van der Waals surface area contributed by atoms with Crippen molar-refractivity contribution in [2.45, 2.75) is 18.7 Å². The van der Waals surface area contributed by atoms with Gasteiger partial charge in [-0.25, -0.2) is 12.7 Å².